The SMILES string of the molecule is Cc1ccc2cccc(C(=O)N[C@@H]3CCN(C(=O)[C@H](O)C(C)C)C3)c2n1. The molecule has 0 unspecified atom stereocenters. The van der Waals surface area contributed by atoms with E-state index in [4.69, 9.17) is 0 Å². The molecule has 1 saturated heterocycles. The highest BCUT2D eigenvalue weighted by Crippen LogP contribution is 2.19. The van der Waals surface area contributed by atoms with Crippen molar-refractivity contribution in [2.45, 2.75) is 39.3 Å². The lowest BCUT2D eigenvalue weighted by Gasteiger charge is -2.22. The van der Waals surface area contributed by atoms with Crippen molar-refractivity contribution < 1.29 is 14.7 Å². The smallest absolute Gasteiger partial charge is 0.253 e. The lowest BCUT2D eigenvalue weighted by Crippen LogP contribution is -2.43. The largest absolute Gasteiger partial charge is 0.383 e. The van der Waals surface area contributed by atoms with E-state index in [0.717, 1.165) is 11.1 Å². The molecule has 0 aliphatic carbocycles. The van der Waals surface area contributed by atoms with E-state index in [-0.39, 0.29) is 23.8 Å². The van der Waals surface area contributed by atoms with Gasteiger partial charge in [-0.15, -0.1) is 0 Å². The molecule has 0 saturated carbocycles. The van der Waals surface area contributed by atoms with Crippen molar-refractivity contribution in [3.05, 3.63) is 41.6 Å². The van der Waals surface area contributed by atoms with Crippen molar-refractivity contribution in [3.8, 4) is 0 Å². The number of aromatic nitrogens is 1. The number of carbonyl (C=O) groups excluding carboxylic acids is 2. The maximum absolute atomic E-state index is 12.7. The molecule has 1 aliphatic heterocycles. The Bertz CT molecular complexity index is 834. The number of aliphatic hydroxyl groups is 1. The molecule has 2 heterocycles. The molecule has 1 aliphatic rings. The Morgan fingerprint density at radius 2 is 2.04 bits per heavy atom. The molecule has 0 radical (unpaired) electrons. The van der Waals surface area contributed by atoms with Crippen molar-refractivity contribution in [3.63, 3.8) is 0 Å². The number of nitrogens with one attached hydrogen (secondary N) is 1. The van der Waals surface area contributed by atoms with Crippen LogP contribution in [0.5, 0.6) is 0 Å². The maximum Gasteiger partial charge on any atom is 0.253 e. The lowest BCUT2D eigenvalue weighted by molar-refractivity contribution is -0.141. The van der Waals surface area contributed by atoms with Gasteiger partial charge in [0.25, 0.3) is 11.8 Å². The monoisotopic (exact) mass is 355 g/mol. The van der Waals surface area contributed by atoms with E-state index in [1.54, 1.807) is 11.0 Å². The number of benzene rings is 1. The Morgan fingerprint density at radius 1 is 1.27 bits per heavy atom. The number of aryl methyl sites for hydroxylation is 1. The zero-order chi connectivity index (χ0) is 18.8. The number of aliphatic hydroxyl groups excluding tert-OH is 1. The number of carbonyl (C=O) groups is 2. The molecule has 1 aromatic carbocycles. The normalized spacial score (nSPS) is 18.3. The molecule has 3 rings (SSSR count). The van der Waals surface area contributed by atoms with Gasteiger partial charge in [0.05, 0.1) is 11.1 Å². The molecular weight excluding hydrogens is 330 g/mol. The van der Waals surface area contributed by atoms with Gasteiger partial charge in [-0.05, 0) is 31.4 Å². The number of fused-ring (bicyclic) bond motifs is 1. The minimum absolute atomic E-state index is 0.120. The van der Waals surface area contributed by atoms with Crippen molar-refractivity contribution in [2.75, 3.05) is 13.1 Å². The van der Waals surface area contributed by atoms with Gasteiger partial charge in [-0.25, -0.2) is 0 Å². The highest BCUT2D eigenvalue weighted by Gasteiger charge is 2.32. The summed E-state index contributed by atoms with van der Waals surface area (Å²) >= 11 is 0. The number of pyridine rings is 1. The van der Waals surface area contributed by atoms with Crippen LogP contribution in [0.25, 0.3) is 10.9 Å². The third-order valence-corrected chi connectivity index (χ3v) is 4.82. The number of nitrogens with zero attached hydrogens (tertiary/aromatic N) is 2. The van der Waals surface area contributed by atoms with Gasteiger partial charge < -0.3 is 15.3 Å². The molecule has 2 amide bonds. The van der Waals surface area contributed by atoms with Gasteiger partial charge in [0.15, 0.2) is 0 Å². The van der Waals surface area contributed by atoms with E-state index in [0.29, 0.717) is 30.6 Å². The number of hydrogen-bond acceptors (Lipinski definition) is 4. The molecular formula is C20H25N3O3. The Hall–Kier alpha value is -2.47. The quantitative estimate of drug-likeness (QED) is 0.877. The van der Waals surface area contributed by atoms with Gasteiger partial charge in [-0.1, -0.05) is 32.0 Å². The highest BCUT2D eigenvalue weighted by molar-refractivity contribution is 6.05. The number of para-hydroxylation sites is 1. The van der Waals surface area contributed by atoms with E-state index in [2.05, 4.69) is 10.3 Å². The Kier molecular flexibility index (Phi) is 5.23. The number of amides is 2. The first-order valence-electron chi connectivity index (χ1n) is 9.01. The van der Waals surface area contributed by atoms with Gasteiger partial charge in [-0.3, -0.25) is 14.6 Å². The average molecular weight is 355 g/mol. The minimum atomic E-state index is -0.991. The van der Waals surface area contributed by atoms with E-state index in [9.17, 15) is 14.7 Å². The molecule has 26 heavy (non-hydrogen) atoms. The second kappa shape index (κ2) is 7.41. The molecule has 1 fully saturated rings. The van der Waals surface area contributed by atoms with Crippen LogP contribution in [0.15, 0.2) is 30.3 Å². The fourth-order valence-electron chi connectivity index (χ4n) is 3.24. The van der Waals surface area contributed by atoms with Gasteiger partial charge in [-0.2, -0.15) is 0 Å². The summed E-state index contributed by atoms with van der Waals surface area (Å²) in [6.07, 6.45) is -0.311. The minimum Gasteiger partial charge on any atom is -0.383 e. The standard InChI is InChI=1S/C20H25N3O3/c1-12(2)18(24)20(26)23-10-9-15(11-23)22-19(25)16-6-4-5-14-8-7-13(3)21-17(14)16/h4-8,12,15,18,24H,9-11H2,1-3H3,(H,22,25)/t15-,18-/m1/s1. The molecule has 6 nitrogen and oxygen atoms in total. The fraction of sp³-hybridized carbons (Fsp3) is 0.450. The summed E-state index contributed by atoms with van der Waals surface area (Å²) in [5, 5.41) is 13.9. The van der Waals surface area contributed by atoms with Crippen LogP contribution in [0.1, 0.15) is 36.3 Å². The summed E-state index contributed by atoms with van der Waals surface area (Å²) in [6, 6.07) is 9.30. The second-order valence-electron chi connectivity index (χ2n) is 7.26. The van der Waals surface area contributed by atoms with Crippen molar-refractivity contribution in [2.24, 2.45) is 5.92 Å². The summed E-state index contributed by atoms with van der Waals surface area (Å²) in [5.74, 6) is -0.572. The third-order valence-electron chi connectivity index (χ3n) is 4.82. The first-order chi connectivity index (χ1) is 12.4. The van der Waals surface area contributed by atoms with Crippen LogP contribution >= 0.6 is 0 Å². The van der Waals surface area contributed by atoms with Crippen molar-refractivity contribution >= 4 is 22.7 Å². The molecule has 2 atom stereocenters. The lowest BCUT2D eigenvalue weighted by atomic mass is 10.1. The molecule has 6 heteroatoms. The topological polar surface area (TPSA) is 82.5 Å². The highest BCUT2D eigenvalue weighted by atomic mass is 16.3. The molecule has 0 bridgehead atoms. The van der Waals surface area contributed by atoms with E-state index >= 15 is 0 Å². The van der Waals surface area contributed by atoms with E-state index in [1.807, 2.05) is 45.0 Å². The summed E-state index contributed by atoms with van der Waals surface area (Å²) in [4.78, 5) is 31.1. The molecule has 2 N–H and O–H groups in total. The zero-order valence-corrected chi connectivity index (χ0v) is 15.4. The Morgan fingerprint density at radius 3 is 2.77 bits per heavy atom. The predicted octanol–water partition coefficient (Wildman–Crippen LogP) is 1.89. The summed E-state index contributed by atoms with van der Waals surface area (Å²) < 4.78 is 0. The number of rotatable bonds is 4. The fourth-order valence-corrected chi connectivity index (χ4v) is 3.24. The second-order valence-corrected chi connectivity index (χ2v) is 7.26. The van der Waals surface area contributed by atoms with Crippen LogP contribution in [0.4, 0.5) is 0 Å². The van der Waals surface area contributed by atoms with Crippen LogP contribution < -0.4 is 5.32 Å². The van der Waals surface area contributed by atoms with E-state index in [1.165, 1.54) is 0 Å². The number of likely N-dealkylation sites (tertiary alicyclic amines) is 1. The number of hydrogen-bond donors (Lipinski definition) is 2. The van der Waals surface area contributed by atoms with Crippen LogP contribution in [-0.4, -0.2) is 52.0 Å². The zero-order valence-electron chi connectivity index (χ0n) is 15.4. The molecule has 1 aromatic heterocycles. The van der Waals surface area contributed by atoms with Crippen LogP contribution in [0.2, 0.25) is 0 Å². The van der Waals surface area contributed by atoms with Crippen LogP contribution in [0, 0.1) is 12.8 Å². The summed E-state index contributed by atoms with van der Waals surface area (Å²) in [7, 11) is 0. The van der Waals surface area contributed by atoms with Gasteiger partial charge >= 0.3 is 0 Å². The first-order valence-corrected chi connectivity index (χ1v) is 9.01. The third kappa shape index (κ3) is 3.70. The van der Waals surface area contributed by atoms with Gasteiger partial charge in [0, 0.05) is 30.2 Å². The maximum atomic E-state index is 12.7. The molecule has 2 aromatic rings. The van der Waals surface area contributed by atoms with Crippen molar-refractivity contribution in [1.29, 1.82) is 0 Å². The summed E-state index contributed by atoms with van der Waals surface area (Å²) in [6.45, 7) is 6.49. The predicted molar refractivity (Wildman–Crippen MR) is 99.8 cm³/mol. The molecule has 138 valence electrons. The average Bonchev–Trinajstić information content (AvgIpc) is 3.08. The molecule has 0 spiro atoms. The van der Waals surface area contributed by atoms with Crippen LogP contribution in [-0.2, 0) is 4.79 Å². The first kappa shape index (κ1) is 18.3. The van der Waals surface area contributed by atoms with Crippen molar-refractivity contribution in [1.82, 2.24) is 15.2 Å². The summed E-state index contributed by atoms with van der Waals surface area (Å²) in [5.41, 5.74) is 2.09. The van der Waals surface area contributed by atoms with E-state index < -0.39 is 6.10 Å². The van der Waals surface area contributed by atoms with Gasteiger partial charge in [0.2, 0.25) is 0 Å². The van der Waals surface area contributed by atoms with Crippen LogP contribution in [0.3, 0.4) is 0 Å². The Labute approximate surface area is 153 Å². The van der Waals surface area contributed by atoms with Gasteiger partial charge in [0.1, 0.15) is 6.10 Å². The Balaban J connectivity index is 1.70.